The Morgan fingerprint density at radius 2 is 1.90 bits per heavy atom. The summed E-state index contributed by atoms with van der Waals surface area (Å²) in [6.45, 7) is 8.10. The van der Waals surface area contributed by atoms with Crippen LogP contribution in [0.4, 0.5) is 0 Å². The average Bonchev–Trinajstić information content (AvgIpc) is 2.44. The van der Waals surface area contributed by atoms with Gasteiger partial charge in [0.15, 0.2) is 6.61 Å². The molecule has 1 rings (SSSR count). The summed E-state index contributed by atoms with van der Waals surface area (Å²) >= 11 is 0. The fourth-order valence-corrected chi connectivity index (χ4v) is 1.70. The van der Waals surface area contributed by atoms with E-state index in [-0.39, 0.29) is 24.1 Å². The van der Waals surface area contributed by atoms with Crippen LogP contribution in [0.5, 0.6) is 5.75 Å². The molecule has 4 nitrogen and oxygen atoms in total. The zero-order valence-corrected chi connectivity index (χ0v) is 12.9. The van der Waals surface area contributed by atoms with Crippen molar-refractivity contribution < 1.29 is 9.53 Å². The van der Waals surface area contributed by atoms with Gasteiger partial charge in [-0.3, -0.25) is 4.79 Å². The molecule has 0 saturated carbocycles. The summed E-state index contributed by atoms with van der Waals surface area (Å²) < 4.78 is 5.47. The molecule has 1 aromatic carbocycles. The van der Waals surface area contributed by atoms with Gasteiger partial charge in [-0.05, 0) is 44.4 Å². The van der Waals surface area contributed by atoms with Crippen LogP contribution in [-0.4, -0.2) is 18.1 Å². The quantitative estimate of drug-likeness (QED) is 0.806. The highest BCUT2D eigenvalue weighted by atomic mass is 16.5. The molecule has 1 unspecified atom stereocenters. The standard InChI is InChI=1S/C16H26N2O2/c1-5-14(17)12-7-9-13(10-8-12)20-11-15(19)18-16(3,4)6-2/h7-10,14H,5-6,11,17H2,1-4H3,(H,18,19). The Labute approximate surface area is 121 Å². The summed E-state index contributed by atoms with van der Waals surface area (Å²) in [5.41, 5.74) is 6.83. The van der Waals surface area contributed by atoms with Gasteiger partial charge in [0.25, 0.3) is 5.91 Å². The van der Waals surface area contributed by atoms with Crippen LogP contribution in [-0.2, 0) is 4.79 Å². The van der Waals surface area contributed by atoms with Gasteiger partial charge >= 0.3 is 0 Å². The third kappa shape index (κ3) is 5.21. The largest absolute Gasteiger partial charge is 0.484 e. The fraction of sp³-hybridized carbons (Fsp3) is 0.562. The van der Waals surface area contributed by atoms with Crippen molar-refractivity contribution in [3.05, 3.63) is 29.8 Å². The van der Waals surface area contributed by atoms with Crippen molar-refractivity contribution in [2.24, 2.45) is 5.73 Å². The number of hydrogen-bond donors (Lipinski definition) is 2. The Bertz CT molecular complexity index is 427. The monoisotopic (exact) mass is 278 g/mol. The average molecular weight is 278 g/mol. The fourth-order valence-electron chi connectivity index (χ4n) is 1.70. The number of nitrogens with two attached hydrogens (primary N) is 1. The van der Waals surface area contributed by atoms with E-state index in [0.717, 1.165) is 18.4 Å². The number of nitrogens with one attached hydrogen (secondary N) is 1. The number of ether oxygens (including phenoxy) is 1. The first-order chi connectivity index (χ1) is 9.38. The highest BCUT2D eigenvalue weighted by molar-refractivity contribution is 5.78. The molecular weight excluding hydrogens is 252 g/mol. The molecular formula is C16H26N2O2. The normalized spacial score (nSPS) is 12.8. The topological polar surface area (TPSA) is 64.3 Å². The molecule has 0 spiro atoms. The predicted octanol–water partition coefficient (Wildman–Crippen LogP) is 2.78. The first-order valence-electron chi connectivity index (χ1n) is 7.17. The van der Waals surface area contributed by atoms with Crippen molar-refractivity contribution in [2.45, 2.75) is 52.1 Å². The number of rotatable bonds is 7. The summed E-state index contributed by atoms with van der Waals surface area (Å²) in [5.74, 6) is 0.577. The minimum absolute atomic E-state index is 0.0304. The Kier molecular flexibility index (Phi) is 6.02. The van der Waals surface area contributed by atoms with E-state index in [0.29, 0.717) is 5.75 Å². The lowest BCUT2D eigenvalue weighted by Crippen LogP contribution is -2.44. The van der Waals surface area contributed by atoms with Crippen molar-refractivity contribution >= 4 is 5.91 Å². The summed E-state index contributed by atoms with van der Waals surface area (Å²) in [6, 6.07) is 7.64. The Balaban J connectivity index is 2.48. The van der Waals surface area contributed by atoms with Gasteiger partial charge in [0, 0.05) is 11.6 Å². The van der Waals surface area contributed by atoms with E-state index in [9.17, 15) is 4.79 Å². The summed E-state index contributed by atoms with van der Waals surface area (Å²) in [5, 5.41) is 2.93. The van der Waals surface area contributed by atoms with Gasteiger partial charge in [-0.15, -0.1) is 0 Å². The number of carbonyl (C=O) groups is 1. The third-order valence-corrected chi connectivity index (χ3v) is 3.48. The van der Waals surface area contributed by atoms with E-state index in [1.54, 1.807) is 0 Å². The second kappa shape index (κ2) is 7.29. The summed E-state index contributed by atoms with van der Waals surface area (Å²) in [4.78, 5) is 11.8. The molecule has 1 aromatic rings. The van der Waals surface area contributed by atoms with Crippen molar-refractivity contribution in [3.63, 3.8) is 0 Å². The van der Waals surface area contributed by atoms with Crippen LogP contribution in [0.1, 0.15) is 52.1 Å². The van der Waals surface area contributed by atoms with Crippen LogP contribution < -0.4 is 15.8 Å². The van der Waals surface area contributed by atoms with E-state index in [4.69, 9.17) is 10.5 Å². The number of carbonyl (C=O) groups excluding carboxylic acids is 1. The Hall–Kier alpha value is -1.55. The smallest absolute Gasteiger partial charge is 0.258 e. The molecule has 112 valence electrons. The van der Waals surface area contributed by atoms with Gasteiger partial charge < -0.3 is 15.8 Å². The van der Waals surface area contributed by atoms with Crippen LogP contribution in [0.15, 0.2) is 24.3 Å². The lowest BCUT2D eigenvalue weighted by atomic mass is 10.0. The second-order valence-corrected chi connectivity index (χ2v) is 5.66. The zero-order valence-electron chi connectivity index (χ0n) is 12.9. The van der Waals surface area contributed by atoms with E-state index < -0.39 is 0 Å². The van der Waals surface area contributed by atoms with Crippen molar-refractivity contribution in [2.75, 3.05) is 6.61 Å². The van der Waals surface area contributed by atoms with Crippen LogP contribution in [0, 0.1) is 0 Å². The molecule has 20 heavy (non-hydrogen) atoms. The molecule has 4 heteroatoms. The van der Waals surface area contributed by atoms with Crippen LogP contribution >= 0.6 is 0 Å². The maximum absolute atomic E-state index is 11.8. The van der Waals surface area contributed by atoms with Gasteiger partial charge in [0.05, 0.1) is 0 Å². The lowest BCUT2D eigenvalue weighted by Gasteiger charge is -2.24. The number of amides is 1. The molecule has 0 aliphatic heterocycles. The molecule has 1 amide bonds. The van der Waals surface area contributed by atoms with Crippen LogP contribution in [0.2, 0.25) is 0 Å². The number of hydrogen-bond acceptors (Lipinski definition) is 3. The molecule has 0 radical (unpaired) electrons. The van der Waals surface area contributed by atoms with Crippen molar-refractivity contribution in [1.82, 2.24) is 5.32 Å². The highest BCUT2D eigenvalue weighted by Crippen LogP contribution is 2.18. The van der Waals surface area contributed by atoms with Gasteiger partial charge in [0.1, 0.15) is 5.75 Å². The SMILES string of the molecule is CCC(N)c1ccc(OCC(=O)NC(C)(C)CC)cc1. The molecule has 1 atom stereocenters. The van der Waals surface area contributed by atoms with E-state index >= 15 is 0 Å². The first kappa shape index (κ1) is 16.5. The maximum Gasteiger partial charge on any atom is 0.258 e. The molecule has 3 N–H and O–H groups in total. The van der Waals surface area contributed by atoms with Gasteiger partial charge in [-0.1, -0.05) is 26.0 Å². The molecule has 0 aliphatic carbocycles. The molecule has 0 aromatic heterocycles. The van der Waals surface area contributed by atoms with E-state index in [1.807, 2.05) is 45.0 Å². The van der Waals surface area contributed by atoms with Crippen molar-refractivity contribution in [3.8, 4) is 5.75 Å². The first-order valence-corrected chi connectivity index (χ1v) is 7.17. The number of benzene rings is 1. The molecule has 0 heterocycles. The second-order valence-electron chi connectivity index (χ2n) is 5.66. The summed E-state index contributed by atoms with van der Waals surface area (Å²) in [6.07, 6.45) is 1.77. The van der Waals surface area contributed by atoms with Crippen LogP contribution in [0.25, 0.3) is 0 Å². The van der Waals surface area contributed by atoms with Gasteiger partial charge in [-0.2, -0.15) is 0 Å². The predicted molar refractivity (Wildman–Crippen MR) is 81.7 cm³/mol. The highest BCUT2D eigenvalue weighted by Gasteiger charge is 2.17. The summed E-state index contributed by atoms with van der Waals surface area (Å²) in [7, 11) is 0. The maximum atomic E-state index is 11.8. The van der Waals surface area contributed by atoms with Crippen LogP contribution in [0.3, 0.4) is 0 Å². The minimum Gasteiger partial charge on any atom is -0.484 e. The Morgan fingerprint density at radius 3 is 2.40 bits per heavy atom. The molecule has 0 saturated heterocycles. The minimum atomic E-state index is -0.196. The van der Waals surface area contributed by atoms with Gasteiger partial charge in [0.2, 0.25) is 0 Å². The zero-order chi connectivity index (χ0) is 15.2. The molecule has 0 aliphatic rings. The van der Waals surface area contributed by atoms with E-state index in [1.165, 1.54) is 0 Å². The lowest BCUT2D eigenvalue weighted by molar-refractivity contribution is -0.124. The van der Waals surface area contributed by atoms with Crippen molar-refractivity contribution in [1.29, 1.82) is 0 Å². The molecule has 0 bridgehead atoms. The van der Waals surface area contributed by atoms with E-state index in [2.05, 4.69) is 12.2 Å². The molecule has 0 fully saturated rings. The third-order valence-electron chi connectivity index (χ3n) is 3.48. The van der Waals surface area contributed by atoms with Gasteiger partial charge in [-0.25, -0.2) is 0 Å². The Morgan fingerprint density at radius 1 is 1.30 bits per heavy atom.